The number of H-pyrrole nitrogens is 1. The molecule has 1 aliphatic heterocycles. The van der Waals surface area contributed by atoms with Gasteiger partial charge in [-0.05, 0) is 97.7 Å². The summed E-state index contributed by atoms with van der Waals surface area (Å²) in [5.41, 5.74) is 9.70. The molecule has 0 atom stereocenters. The number of benzene rings is 5. The molecule has 1 aliphatic rings. The lowest BCUT2D eigenvalue weighted by Gasteiger charge is -2.25. The molecule has 7 rings (SSSR count). The number of aromatic nitrogens is 1. The zero-order valence-electron chi connectivity index (χ0n) is 32.9. The topological polar surface area (TPSA) is 93.3 Å². The van der Waals surface area contributed by atoms with Crippen molar-refractivity contribution in [2.75, 3.05) is 39.4 Å². The first kappa shape index (κ1) is 39.2. The van der Waals surface area contributed by atoms with Crippen molar-refractivity contribution >= 4 is 23.1 Å². The Labute approximate surface area is 335 Å². The van der Waals surface area contributed by atoms with Crippen LogP contribution in [0.1, 0.15) is 46.2 Å². The predicted molar refractivity (Wildman–Crippen MR) is 224 cm³/mol. The van der Waals surface area contributed by atoms with Crippen LogP contribution in [0.4, 0.5) is 9.59 Å². The third-order valence-corrected chi connectivity index (χ3v) is 10.4. The van der Waals surface area contributed by atoms with Gasteiger partial charge in [-0.3, -0.25) is 0 Å². The summed E-state index contributed by atoms with van der Waals surface area (Å²) in [5, 5.41) is 0.950. The van der Waals surface area contributed by atoms with E-state index >= 15 is 0 Å². The fourth-order valence-electron chi connectivity index (χ4n) is 7.26. The minimum atomic E-state index is -0.385. The van der Waals surface area contributed by atoms with E-state index in [1.54, 1.807) is 4.90 Å². The number of aromatic amines is 1. The van der Waals surface area contributed by atoms with E-state index in [0.717, 1.165) is 69.4 Å². The van der Waals surface area contributed by atoms with Crippen molar-refractivity contribution in [3.63, 3.8) is 0 Å². The van der Waals surface area contributed by atoms with Gasteiger partial charge in [0.05, 0.1) is 18.9 Å². The lowest BCUT2D eigenvalue weighted by atomic mass is 9.97. The van der Waals surface area contributed by atoms with E-state index in [1.165, 1.54) is 11.1 Å². The molecule has 1 fully saturated rings. The molecule has 2 heterocycles. The molecule has 1 N–H and O–H groups in total. The van der Waals surface area contributed by atoms with Crippen LogP contribution in [0.25, 0.3) is 22.2 Å². The van der Waals surface area contributed by atoms with Crippen molar-refractivity contribution in [1.29, 1.82) is 0 Å². The number of fused-ring (bicyclic) bond motifs is 1. The summed E-state index contributed by atoms with van der Waals surface area (Å²) in [6.45, 7) is 7.94. The fraction of sp³-hybridized carbons (Fsp3) is 0.292. The Kier molecular flexibility index (Phi) is 13.2. The molecule has 1 saturated heterocycles. The average Bonchev–Trinajstić information content (AvgIpc) is 3.60. The van der Waals surface area contributed by atoms with E-state index in [0.29, 0.717) is 58.2 Å². The fourth-order valence-corrected chi connectivity index (χ4v) is 7.26. The van der Waals surface area contributed by atoms with E-state index in [2.05, 4.69) is 61.3 Å². The molecule has 0 saturated carbocycles. The van der Waals surface area contributed by atoms with Gasteiger partial charge in [0.2, 0.25) is 0 Å². The number of nitrogens with one attached hydrogen (secondary N) is 1. The Morgan fingerprint density at radius 3 is 2.14 bits per heavy atom. The van der Waals surface area contributed by atoms with E-state index in [4.69, 9.17) is 18.9 Å². The summed E-state index contributed by atoms with van der Waals surface area (Å²) >= 11 is 0. The SMILES string of the molecule is Cc1ccc(-c2[nH]c3ccc(OC(=O)N4CCOCC4)cc3c2CCN(CCCCc2ccc(OCc3ccccc3)cc2)C(=O)OCc2ccccc2)c(C)c1. The van der Waals surface area contributed by atoms with Crippen LogP contribution in [0.3, 0.4) is 0 Å². The van der Waals surface area contributed by atoms with Gasteiger partial charge in [0.25, 0.3) is 0 Å². The van der Waals surface area contributed by atoms with Crippen molar-refractivity contribution in [1.82, 2.24) is 14.8 Å². The lowest BCUT2D eigenvalue weighted by molar-refractivity contribution is 0.0416. The average molecular weight is 766 g/mol. The highest BCUT2D eigenvalue weighted by Crippen LogP contribution is 2.35. The van der Waals surface area contributed by atoms with Crippen LogP contribution in [-0.4, -0.2) is 66.4 Å². The number of carbonyl (C=O) groups excluding carboxylic acids is 2. The maximum absolute atomic E-state index is 13.8. The van der Waals surface area contributed by atoms with Crippen LogP contribution in [0.15, 0.2) is 121 Å². The summed E-state index contributed by atoms with van der Waals surface area (Å²) in [6, 6.07) is 40.3. The molecule has 0 bridgehead atoms. The summed E-state index contributed by atoms with van der Waals surface area (Å²) in [7, 11) is 0. The van der Waals surface area contributed by atoms with Crippen LogP contribution in [0, 0.1) is 13.8 Å². The molecule has 9 nitrogen and oxygen atoms in total. The van der Waals surface area contributed by atoms with Gasteiger partial charge in [-0.25, -0.2) is 9.59 Å². The Bertz CT molecular complexity index is 2230. The molecular formula is C48H51N3O6. The number of rotatable bonds is 15. The number of amides is 2. The van der Waals surface area contributed by atoms with E-state index in [9.17, 15) is 9.59 Å². The first-order chi connectivity index (χ1) is 27.9. The predicted octanol–water partition coefficient (Wildman–Crippen LogP) is 10.1. The Morgan fingerprint density at radius 2 is 1.42 bits per heavy atom. The van der Waals surface area contributed by atoms with E-state index in [1.807, 2.05) is 83.8 Å². The number of carbonyl (C=O) groups is 2. The standard InChI is InChI=1S/C48H51N3O6/c1-35-16-22-42(36(2)31-35)46-43(44-32-41(21-23-45(44)49-46)57-48(53)51-27-29-54-30-28-51)24-26-50(47(52)56-34-39-14-7-4-8-15-39)25-10-9-11-37-17-19-40(20-18-37)55-33-38-12-5-3-6-13-38/h3-8,12-23,31-32,49H,9-11,24-30,33-34H2,1-2H3. The quantitative estimate of drug-likeness (QED) is 0.105. The van der Waals surface area contributed by atoms with Crippen molar-refractivity contribution in [3.8, 4) is 22.8 Å². The zero-order chi connectivity index (χ0) is 39.4. The summed E-state index contributed by atoms with van der Waals surface area (Å²) in [5.74, 6) is 1.32. The third kappa shape index (κ3) is 10.6. The molecule has 1 aromatic heterocycles. The number of unbranched alkanes of at least 4 members (excludes halogenated alkanes) is 1. The highest BCUT2D eigenvalue weighted by Gasteiger charge is 2.22. The van der Waals surface area contributed by atoms with Crippen molar-refractivity contribution in [2.24, 2.45) is 0 Å². The Morgan fingerprint density at radius 1 is 0.719 bits per heavy atom. The molecule has 0 radical (unpaired) electrons. The van der Waals surface area contributed by atoms with Crippen LogP contribution in [0.2, 0.25) is 0 Å². The van der Waals surface area contributed by atoms with Crippen LogP contribution in [-0.2, 0) is 35.5 Å². The smallest absolute Gasteiger partial charge is 0.415 e. The number of morpholine rings is 1. The van der Waals surface area contributed by atoms with Gasteiger partial charge in [-0.2, -0.15) is 0 Å². The summed E-state index contributed by atoms with van der Waals surface area (Å²) in [4.78, 5) is 34.0. The largest absolute Gasteiger partial charge is 0.489 e. The Hall–Kier alpha value is -6.06. The number of ether oxygens (including phenoxy) is 4. The summed E-state index contributed by atoms with van der Waals surface area (Å²) in [6.07, 6.45) is 2.44. The molecule has 6 aromatic rings. The van der Waals surface area contributed by atoms with Crippen molar-refractivity contribution in [3.05, 3.63) is 155 Å². The normalized spacial score (nSPS) is 12.7. The van der Waals surface area contributed by atoms with Gasteiger partial charge in [-0.15, -0.1) is 0 Å². The first-order valence-corrected chi connectivity index (χ1v) is 19.9. The lowest BCUT2D eigenvalue weighted by Crippen LogP contribution is -2.42. The van der Waals surface area contributed by atoms with Gasteiger partial charge < -0.3 is 33.7 Å². The molecule has 9 heteroatoms. The van der Waals surface area contributed by atoms with Gasteiger partial charge in [-0.1, -0.05) is 96.6 Å². The number of hydrogen-bond donors (Lipinski definition) is 1. The zero-order valence-corrected chi connectivity index (χ0v) is 32.9. The first-order valence-electron chi connectivity index (χ1n) is 19.9. The number of aryl methyl sites for hydroxylation is 3. The van der Waals surface area contributed by atoms with Gasteiger partial charge in [0.1, 0.15) is 24.7 Å². The van der Waals surface area contributed by atoms with Crippen LogP contribution in [0.5, 0.6) is 11.5 Å². The molecule has 294 valence electrons. The van der Waals surface area contributed by atoms with Gasteiger partial charge >= 0.3 is 12.2 Å². The maximum atomic E-state index is 13.8. The summed E-state index contributed by atoms with van der Waals surface area (Å²) < 4.78 is 23.2. The molecule has 0 spiro atoms. The second-order valence-corrected chi connectivity index (χ2v) is 14.6. The third-order valence-electron chi connectivity index (χ3n) is 10.4. The molecule has 0 unspecified atom stereocenters. The van der Waals surface area contributed by atoms with E-state index < -0.39 is 0 Å². The van der Waals surface area contributed by atoms with Gasteiger partial charge in [0, 0.05) is 42.6 Å². The van der Waals surface area contributed by atoms with Crippen molar-refractivity contribution in [2.45, 2.75) is 52.7 Å². The van der Waals surface area contributed by atoms with Gasteiger partial charge in [0.15, 0.2) is 0 Å². The van der Waals surface area contributed by atoms with Crippen LogP contribution < -0.4 is 9.47 Å². The molecule has 5 aromatic carbocycles. The van der Waals surface area contributed by atoms with E-state index in [-0.39, 0.29) is 18.8 Å². The molecule has 0 aliphatic carbocycles. The highest BCUT2D eigenvalue weighted by atomic mass is 16.6. The maximum Gasteiger partial charge on any atom is 0.415 e. The Balaban J connectivity index is 1.06. The number of nitrogens with zero attached hydrogens (tertiary/aromatic N) is 2. The monoisotopic (exact) mass is 765 g/mol. The van der Waals surface area contributed by atoms with Crippen LogP contribution >= 0.6 is 0 Å². The molecule has 2 amide bonds. The van der Waals surface area contributed by atoms with Crippen molar-refractivity contribution < 1.29 is 28.5 Å². The second-order valence-electron chi connectivity index (χ2n) is 14.6. The highest BCUT2D eigenvalue weighted by molar-refractivity contribution is 5.93. The minimum absolute atomic E-state index is 0.202. The second kappa shape index (κ2) is 19.2. The minimum Gasteiger partial charge on any atom is -0.489 e. The number of hydrogen-bond acceptors (Lipinski definition) is 6. The molecular weight excluding hydrogens is 715 g/mol. The molecule has 57 heavy (non-hydrogen) atoms.